The SMILES string of the molecule is O=C(O)CCCC(=O)N1C=NCC1. The fourth-order valence-corrected chi connectivity index (χ4v) is 1.10. The molecular formula is C8H12N2O3. The highest BCUT2D eigenvalue weighted by molar-refractivity contribution is 5.88. The number of rotatable bonds is 4. The van der Waals surface area contributed by atoms with Gasteiger partial charge in [-0.2, -0.15) is 0 Å². The van der Waals surface area contributed by atoms with Crippen LogP contribution in [0, 0.1) is 0 Å². The first-order chi connectivity index (χ1) is 6.20. The maximum atomic E-state index is 11.3. The van der Waals surface area contributed by atoms with Crippen molar-refractivity contribution in [2.75, 3.05) is 13.1 Å². The van der Waals surface area contributed by atoms with Gasteiger partial charge < -0.3 is 10.0 Å². The molecule has 5 heteroatoms. The van der Waals surface area contributed by atoms with E-state index >= 15 is 0 Å². The Hall–Kier alpha value is -1.39. The highest BCUT2D eigenvalue weighted by atomic mass is 16.4. The molecule has 1 heterocycles. The van der Waals surface area contributed by atoms with E-state index in [4.69, 9.17) is 5.11 Å². The summed E-state index contributed by atoms with van der Waals surface area (Å²) in [5, 5.41) is 8.34. The van der Waals surface area contributed by atoms with Gasteiger partial charge in [-0.3, -0.25) is 14.6 Å². The third-order valence-electron chi connectivity index (χ3n) is 1.79. The van der Waals surface area contributed by atoms with E-state index in [-0.39, 0.29) is 18.7 Å². The normalized spacial score (nSPS) is 14.9. The molecule has 1 aliphatic heterocycles. The van der Waals surface area contributed by atoms with Crippen LogP contribution in [-0.4, -0.2) is 41.3 Å². The molecule has 0 bridgehead atoms. The molecule has 0 radical (unpaired) electrons. The Balaban J connectivity index is 2.17. The molecule has 0 aromatic carbocycles. The minimum absolute atomic E-state index is 0.0394. The Kier molecular flexibility index (Phi) is 3.42. The van der Waals surface area contributed by atoms with Gasteiger partial charge in [-0.05, 0) is 6.42 Å². The van der Waals surface area contributed by atoms with Crippen LogP contribution in [0.1, 0.15) is 19.3 Å². The highest BCUT2D eigenvalue weighted by Crippen LogP contribution is 2.02. The first kappa shape index (κ1) is 9.70. The number of hydrogen-bond acceptors (Lipinski definition) is 3. The van der Waals surface area contributed by atoms with E-state index in [1.54, 1.807) is 0 Å². The maximum Gasteiger partial charge on any atom is 0.303 e. The van der Waals surface area contributed by atoms with Gasteiger partial charge in [0.2, 0.25) is 5.91 Å². The van der Waals surface area contributed by atoms with Crippen molar-refractivity contribution in [3.63, 3.8) is 0 Å². The predicted molar refractivity (Wildman–Crippen MR) is 46.6 cm³/mol. The number of nitrogens with zero attached hydrogens (tertiary/aromatic N) is 2. The van der Waals surface area contributed by atoms with E-state index < -0.39 is 5.97 Å². The Bertz CT molecular complexity index is 238. The van der Waals surface area contributed by atoms with Gasteiger partial charge in [0.25, 0.3) is 0 Å². The molecule has 0 fully saturated rings. The van der Waals surface area contributed by atoms with Crippen LogP contribution in [0.2, 0.25) is 0 Å². The van der Waals surface area contributed by atoms with Gasteiger partial charge in [-0.1, -0.05) is 0 Å². The van der Waals surface area contributed by atoms with Crippen molar-refractivity contribution >= 4 is 18.2 Å². The molecule has 1 N–H and O–H groups in total. The third-order valence-corrected chi connectivity index (χ3v) is 1.79. The zero-order chi connectivity index (χ0) is 9.68. The lowest BCUT2D eigenvalue weighted by Crippen LogP contribution is -2.27. The van der Waals surface area contributed by atoms with E-state index in [0.717, 1.165) is 0 Å². The molecular weight excluding hydrogens is 172 g/mol. The van der Waals surface area contributed by atoms with E-state index in [2.05, 4.69) is 4.99 Å². The molecule has 0 unspecified atom stereocenters. The fraction of sp³-hybridized carbons (Fsp3) is 0.625. The van der Waals surface area contributed by atoms with E-state index in [1.165, 1.54) is 11.2 Å². The topological polar surface area (TPSA) is 70.0 Å². The molecule has 0 saturated heterocycles. The lowest BCUT2D eigenvalue weighted by atomic mass is 10.2. The van der Waals surface area contributed by atoms with Crippen molar-refractivity contribution in [1.29, 1.82) is 0 Å². The van der Waals surface area contributed by atoms with Crippen LogP contribution >= 0.6 is 0 Å². The summed E-state index contributed by atoms with van der Waals surface area (Å²) in [5.41, 5.74) is 0. The second-order valence-corrected chi connectivity index (χ2v) is 2.86. The summed E-state index contributed by atoms with van der Waals surface area (Å²) in [6, 6.07) is 0. The van der Waals surface area contributed by atoms with Gasteiger partial charge in [-0.15, -0.1) is 0 Å². The van der Waals surface area contributed by atoms with Crippen LogP contribution in [0.25, 0.3) is 0 Å². The summed E-state index contributed by atoms with van der Waals surface area (Å²) < 4.78 is 0. The first-order valence-corrected chi connectivity index (χ1v) is 4.21. The predicted octanol–water partition coefficient (Wildman–Crippen LogP) is 0.112. The number of carbonyl (C=O) groups excluding carboxylic acids is 1. The maximum absolute atomic E-state index is 11.3. The second kappa shape index (κ2) is 4.59. The molecule has 13 heavy (non-hydrogen) atoms. The van der Waals surface area contributed by atoms with Crippen LogP contribution in [0.5, 0.6) is 0 Å². The van der Waals surface area contributed by atoms with Crippen molar-refractivity contribution < 1.29 is 14.7 Å². The number of carboxylic acids is 1. The van der Waals surface area contributed by atoms with E-state index in [1.807, 2.05) is 0 Å². The average molecular weight is 184 g/mol. The second-order valence-electron chi connectivity index (χ2n) is 2.86. The van der Waals surface area contributed by atoms with Gasteiger partial charge in [-0.25, -0.2) is 0 Å². The van der Waals surface area contributed by atoms with Crippen LogP contribution in [0.4, 0.5) is 0 Å². The molecule has 1 rings (SSSR count). The van der Waals surface area contributed by atoms with E-state index in [9.17, 15) is 9.59 Å². The Morgan fingerprint density at radius 3 is 2.77 bits per heavy atom. The zero-order valence-electron chi connectivity index (χ0n) is 7.27. The highest BCUT2D eigenvalue weighted by Gasteiger charge is 2.14. The number of amides is 1. The minimum atomic E-state index is -0.858. The average Bonchev–Trinajstić information content (AvgIpc) is 2.55. The lowest BCUT2D eigenvalue weighted by molar-refractivity contribution is -0.137. The lowest BCUT2D eigenvalue weighted by Gasteiger charge is -2.10. The Labute approximate surface area is 76.1 Å². The summed E-state index contributed by atoms with van der Waals surface area (Å²) in [7, 11) is 0. The first-order valence-electron chi connectivity index (χ1n) is 4.21. The molecule has 0 aromatic heterocycles. The standard InChI is InChI=1S/C8H12N2O3/c11-7(2-1-3-8(12)13)10-5-4-9-6-10/h6H,1-5H2,(H,12,13). The molecule has 72 valence electrons. The minimum Gasteiger partial charge on any atom is -0.481 e. The van der Waals surface area contributed by atoms with E-state index in [0.29, 0.717) is 19.5 Å². The van der Waals surface area contributed by atoms with Gasteiger partial charge in [0.15, 0.2) is 0 Å². The smallest absolute Gasteiger partial charge is 0.303 e. The summed E-state index contributed by atoms with van der Waals surface area (Å²) in [4.78, 5) is 26.8. The van der Waals surface area contributed by atoms with Gasteiger partial charge in [0, 0.05) is 19.4 Å². The van der Waals surface area contributed by atoms with Crippen molar-refractivity contribution in [3.8, 4) is 0 Å². The van der Waals surface area contributed by atoms with Crippen molar-refractivity contribution in [1.82, 2.24) is 4.90 Å². The zero-order valence-corrected chi connectivity index (χ0v) is 7.27. The van der Waals surface area contributed by atoms with Crippen molar-refractivity contribution in [2.45, 2.75) is 19.3 Å². The Morgan fingerprint density at radius 2 is 2.23 bits per heavy atom. The number of aliphatic carboxylic acids is 1. The van der Waals surface area contributed by atoms with Crippen molar-refractivity contribution in [2.24, 2.45) is 4.99 Å². The number of carboxylic acid groups (broad SMARTS) is 1. The summed E-state index contributed by atoms with van der Waals surface area (Å²) in [5.74, 6) is -0.898. The van der Waals surface area contributed by atoms with Gasteiger partial charge >= 0.3 is 5.97 Å². The molecule has 0 atom stereocenters. The third kappa shape index (κ3) is 3.23. The summed E-state index contributed by atoms with van der Waals surface area (Å²) in [6.07, 6.45) is 2.26. The van der Waals surface area contributed by atoms with Gasteiger partial charge in [0.1, 0.15) is 0 Å². The van der Waals surface area contributed by atoms with Crippen LogP contribution in [0.3, 0.4) is 0 Å². The fourth-order valence-electron chi connectivity index (χ4n) is 1.10. The molecule has 0 aromatic rings. The quantitative estimate of drug-likeness (QED) is 0.674. The van der Waals surface area contributed by atoms with Crippen LogP contribution in [-0.2, 0) is 9.59 Å². The molecule has 0 saturated carbocycles. The van der Waals surface area contributed by atoms with Crippen LogP contribution in [0.15, 0.2) is 4.99 Å². The Morgan fingerprint density at radius 1 is 1.46 bits per heavy atom. The molecule has 0 aliphatic carbocycles. The molecule has 1 amide bonds. The number of carbonyl (C=O) groups is 2. The monoisotopic (exact) mass is 184 g/mol. The number of aliphatic imine (C=N–C) groups is 1. The summed E-state index contributed by atoms with van der Waals surface area (Å²) in [6.45, 7) is 1.29. The summed E-state index contributed by atoms with van der Waals surface area (Å²) >= 11 is 0. The van der Waals surface area contributed by atoms with Crippen molar-refractivity contribution in [3.05, 3.63) is 0 Å². The van der Waals surface area contributed by atoms with Crippen LogP contribution < -0.4 is 0 Å². The molecule has 0 spiro atoms. The largest absolute Gasteiger partial charge is 0.481 e. The number of hydrogen-bond donors (Lipinski definition) is 1. The molecule has 5 nitrogen and oxygen atoms in total. The molecule has 1 aliphatic rings. The van der Waals surface area contributed by atoms with Gasteiger partial charge in [0.05, 0.1) is 12.9 Å².